The molecule has 0 N–H and O–H groups in total. The first-order chi connectivity index (χ1) is 38.9. The molecule has 0 spiro atoms. The number of hydrogen-bond donors (Lipinski definition) is 0. The van der Waals surface area contributed by atoms with E-state index in [0.29, 0.717) is 0 Å². The number of allylic oxidation sites excluding steroid dienone is 1. The molecule has 0 saturated carbocycles. The fourth-order valence-corrected chi connectivity index (χ4v) is 14.7. The number of fused-ring (bicyclic) bond motifs is 7. The summed E-state index contributed by atoms with van der Waals surface area (Å²) in [5.41, 5.74) is 27.2. The van der Waals surface area contributed by atoms with Crippen molar-refractivity contribution < 1.29 is 0 Å². The van der Waals surface area contributed by atoms with Gasteiger partial charge >= 0.3 is 0 Å². The molecule has 14 rings (SSSR count). The van der Waals surface area contributed by atoms with Gasteiger partial charge in [0.05, 0.1) is 11.4 Å². The number of nitrogens with zero attached hydrogens (tertiary/aromatic N) is 3. The maximum absolute atomic E-state index is 2.71. The fourth-order valence-electron chi connectivity index (χ4n) is 13.7. The van der Waals surface area contributed by atoms with Crippen LogP contribution in [0.1, 0.15) is 94.3 Å². The zero-order valence-electron chi connectivity index (χ0n) is 48.5. The van der Waals surface area contributed by atoms with Crippen molar-refractivity contribution in [1.29, 1.82) is 0 Å². The van der Waals surface area contributed by atoms with Gasteiger partial charge in [-0.15, -0.1) is 11.3 Å². The Hall–Kier alpha value is -8.38. The summed E-state index contributed by atoms with van der Waals surface area (Å²) in [6.45, 7) is 25.9. The van der Waals surface area contributed by atoms with Gasteiger partial charge < -0.3 is 14.7 Å². The highest BCUT2D eigenvalue weighted by atomic mass is 32.1. The molecule has 11 aromatic rings. The number of para-hydroxylation sites is 2. The molecule has 81 heavy (non-hydrogen) atoms. The van der Waals surface area contributed by atoms with Crippen molar-refractivity contribution in [3.63, 3.8) is 0 Å². The summed E-state index contributed by atoms with van der Waals surface area (Å²) < 4.78 is 1.32. The third-order valence-electron chi connectivity index (χ3n) is 17.8. The van der Waals surface area contributed by atoms with Crippen LogP contribution in [0, 0.1) is 20.8 Å². The molecule has 0 bridgehead atoms. The maximum Gasteiger partial charge on any atom is 0.248 e. The lowest BCUT2D eigenvalue weighted by atomic mass is 9.30. The van der Waals surface area contributed by atoms with Crippen LogP contribution in [0.15, 0.2) is 218 Å². The second-order valence-electron chi connectivity index (χ2n) is 25.6. The summed E-state index contributed by atoms with van der Waals surface area (Å²) in [7, 11) is 0. The van der Waals surface area contributed by atoms with Crippen molar-refractivity contribution in [2.45, 2.75) is 92.4 Å². The topological polar surface area (TPSA) is 9.72 Å². The highest BCUT2D eigenvalue weighted by Gasteiger charge is 2.53. The largest absolute Gasteiger partial charge is 0.311 e. The molecule has 3 nitrogen and oxygen atoms in total. The molecule has 3 heterocycles. The molecule has 0 fully saturated rings. The summed E-state index contributed by atoms with van der Waals surface area (Å²) in [4.78, 5) is 9.10. The van der Waals surface area contributed by atoms with Crippen molar-refractivity contribution in [3.8, 4) is 21.6 Å². The Morgan fingerprint density at radius 1 is 0.457 bits per heavy atom. The third kappa shape index (κ3) is 8.21. The van der Waals surface area contributed by atoms with Crippen LogP contribution in [0.4, 0.5) is 45.5 Å². The third-order valence-corrected chi connectivity index (χ3v) is 19.0. The van der Waals surface area contributed by atoms with Gasteiger partial charge in [-0.2, -0.15) is 0 Å². The van der Waals surface area contributed by atoms with Gasteiger partial charge in [-0.1, -0.05) is 188 Å². The molecule has 0 atom stereocenters. The Morgan fingerprint density at radius 2 is 1.07 bits per heavy atom. The predicted molar refractivity (Wildman–Crippen MR) is 351 cm³/mol. The lowest BCUT2D eigenvalue weighted by Crippen LogP contribution is -2.57. The Bertz CT molecular complexity index is 4340. The first-order valence-corrected chi connectivity index (χ1v) is 29.7. The van der Waals surface area contributed by atoms with E-state index in [9.17, 15) is 0 Å². The molecule has 1 aliphatic carbocycles. The van der Waals surface area contributed by atoms with Crippen LogP contribution in [0.5, 0.6) is 0 Å². The Balaban J connectivity index is 1.03. The number of rotatable bonds is 7. The Morgan fingerprint density at radius 3 is 1.79 bits per heavy atom. The van der Waals surface area contributed by atoms with Gasteiger partial charge in [0, 0.05) is 65.9 Å². The van der Waals surface area contributed by atoms with Gasteiger partial charge in [-0.05, 0) is 188 Å². The second kappa shape index (κ2) is 18.6. The van der Waals surface area contributed by atoms with E-state index in [4.69, 9.17) is 0 Å². The lowest BCUT2D eigenvalue weighted by Gasteiger charge is -2.47. The van der Waals surface area contributed by atoms with E-state index in [1.165, 1.54) is 132 Å². The van der Waals surface area contributed by atoms with Crippen molar-refractivity contribution in [3.05, 3.63) is 257 Å². The van der Waals surface area contributed by atoms with Gasteiger partial charge in [0.2, 0.25) is 6.71 Å². The Kier molecular flexibility index (Phi) is 11.7. The quantitative estimate of drug-likeness (QED) is 0.147. The molecule has 396 valence electrons. The molecule has 0 radical (unpaired) electrons. The van der Waals surface area contributed by atoms with Gasteiger partial charge in [0.1, 0.15) is 0 Å². The Labute approximate surface area is 483 Å². The average Bonchev–Trinajstić information content (AvgIpc) is 4.22. The van der Waals surface area contributed by atoms with E-state index < -0.39 is 0 Å². The van der Waals surface area contributed by atoms with Gasteiger partial charge in [0.25, 0.3) is 0 Å². The van der Waals surface area contributed by atoms with Crippen LogP contribution in [0.25, 0.3) is 48.1 Å². The van der Waals surface area contributed by atoms with Crippen LogP contribution >= 0.6 is 11.3 Å². The molecule has 5 heteroatoms. The molecule has 2 aliphatic heterocycles. The van der Waals surface area contributed by atoms with Gasteiger partial charge in [0.15, 0.2) is 0 Å². The molecule has 1 aromatic heterocycles. The van der Waals surface area contributed by atoms with Crippen LogP contribution < -0.4 is 25.6 Å². The lowest BCUT2D eigenvalue weighted by molar-refractivity contribution is 0.588. The van der Waals surface area contributed by atoms with E-state index in [0.717, 1.165) is 17.1 Å². The number of benzene rings is 10. The van der Waals surface area contributed by atoms with Crippen molar-refractivity contribution in [2.24, 2.45) is 0 Å². The summed E-state index contributed by atoms with van der Waals surface area (Å²) >= 11 is 1.86. The van der Waals surface area contributed by atoms with Crippen LogP contribution in [-0.2, 0) is 16.2 Å². The van der Waals surface area contributed by atoms with E-state index >= 15 is 0 Å². The number of anilines is 8. The molecule has 0 saturated heterocycles. The van der Waals surface area contributed by atoms with E-state index in [1.807, 2.05) is 11.3 Å². The first kappa shape index (κ1) is 50.8. The molecule has 3 aliphatic rings. The number of hydrogen-bond acceptors (Lipinski definition) is 4. The summed E-state index contributed by atoms with van der Waals surface area (Å²) in [5.74, 6) is 0. The smallest absolute Gasteiger partial charge is 0.248 e. The zero-order valence-corrected chi connectivity index (χ0v) is 49.4. The summed E-state index contributed by atoms with van der Waals surface area (Å²) in [6.07, 6.45) is 0. The standard InChI is InChI=1S/C76H68BN3S/c1-47-39-66-70-67(40-47)80(71-48(2)21-20-22-49(71)3)65-46-59(78(57-26-16-13-17-27-57)58-34-31-51-41-54(30-29-52(51)42-58)69-43-53-25-18-19-28-68(53)81-69)35-37-63(65)77(70)73-72(61-45-55(74(4,5)6)32-36-62(61)76(73,10)11)79(66)64-38-33-56(75(7,8)9)44-60(64)50-23-14-12-15-24-50/h12-46H,1-11H3. The van der Waals surface area contributed by atoms with E-state index in [-0.39, 0.29) is 23.0 Å². The highest BCUT2D eigenvalue weighted by Crippen LogP contribution is 2.58. The summed E-state index contributed by atoms with van der Waals surface area (Å²) in [6, 6.07) is 80.9. The molecule has 10 aromatic carbocycles. The van der Waals surface area contributed by atoms with E-state index in [2.05, 4.69) is 303 Å². The predicted octanol–water partition coefficient (Wildman–Crippen LogP) is 20.2. The van der Waals surface area contributed by atoms with Crippen molar-refractivity contribution >= 4 is 101 Å². The van der Waals surface area contributed by atoms with Gasteiger partial charge in [-0.25, -0.2) is 0 Å². The van der Waals surface area contributed by atoms with Crippen LogP contribution in [0.2, 0.25) is 0 Å². The SMILES string of the molecule is Cc1cc2c3c(c1)N(c1c(C)cccc1C)c1cc(N(c4ccccc4)c4ccc5cc(-c6cc7ccccc7s6)ccc5c4)ccc1B3C1=C(c3cc(C(C)(C)C)ccc3C1(C)C)N2c1ccc(C(C)(C)C)cc1-c1ccccc1. The molecular weight excluding hydrogens is 998 g/mol. The normalized spacial score (nSPS) is 14.3. The maximum atomic E-state index is 2.71. The van der Waals surface area contributed by atoms with Gasteiger partial charge in [-0.3, -0.25) is 0 Å². The molecule has 0 unspecified atom stereocenters. The van der Waals surface area contributed by atoms with Crippen LogP contribution in [0.3, 0.4) is 0 Å². The molecule has 0 amide bonds. The second-order valence-corrected chi connectivity index (χ2v) is 26.7. The van der Waals surface area contributed by atoms with Crippen LogP contribution in [-0.4, -0.2) is 6.71 Å². The first-order valence-electron chi connectivity index (χ1n) is 28.9. The zero-order chi connectivity index (χ0) is 55.9. The summed E-state index contributed by atoms with van der Waals surface area (Å²) in [5, 5.41) is 3.72. The molecular formula is C76H68BN3S. The van der Waals surface area contributed by atoms with Crippen molar-refractivity contribution in [1.82, 2.24) is 0 Å². The monoisotopic (exact) mass is 1070 g/mol. The van der Waals surface area contributed by atoms with E-state index in [1.54, 1.807) is 0 Å². The average molecular weight is 1070 g/mol. The minimum absolute atomic E-state index is 0.0467. The van der Waals surface area contributed by atoms with Crippen molar-refractivity contribution in [2.75, 3.05) is 14.7 Å². The minimum atomic E-state index is -0.337. The fraction of sp³-hybridized carbons (Fsp3) is 0.184. The highest BCUT2D eigenvalue weighted by molar-refractivity contribution is 7.22. The number of thiophene rings is 1. The number of aryl methyl sites for hydroxylation is 3. The minimum Gasteiger partial charge on any atom is -0.311 e.